The summed E-state index contributed by atoms with van der Waals surface area (Å²) in [4.78, 5) is 0. The van der Waals surface area contributed by atoms with Crippen molar-refractivity contribution in [3.63, 3.8) is 0 Å². The zero-order valence-corrected chi connectivity index (χ0v) is 10.4. The van der Waals surface area contributed by atoms with Gasteiger partial charge in [0.25, 0.3) is 0 Å². The van der Waals surface area contributed by atoms with Crippen LogP contribution in [0, 0.1) is 13.8 Å². The molecule has 0 heterocycles. The first-order valence-electron chi connectivity index (χ1n) is 5.13. The van der Waals surface area contributed by atoms with Gasteiger partial charge in [0.2, 0.25) is 0 Å². The van der Waals surface area contributed by atoms with Crippen molar-refractivity contribution in [3.05, 3.63) is 29.3 Å². The largest absolute Gasteiger partial charge is 0.486 e. The van der Waals surface area contributed by atoms with Crippen molar-refractivity contribution >= 4 is 9.24 Å². The van der Waals surface area contributed by atoms with E-state index in [1.54, 1.807) is 0 Å². The van der Waals surface area contributed by atoms with Crippen molar-refractivity contribution in [2.24, 2.45) is 0 Å². The second-order valence-corrected chi connectivity index (χ2v) is 4.39. The third-order valence-electron chi connectivity index (χ3n) is 2.41. The third kappa shape index (κ3) is 2.99. The summed E-state index contributed by atoms with van der Waals surface area (Å²) in [7, 11) is 2.74. The van der Waals surface area contributed by atoms with E-state index < -0.39 is 0 Å². The van der Waals surface area contributed by atoms with Gasteiger partial charge >= 0.3 is 0 Å². The maximum absolute atomic E-state index is 5.83. The van der Waals surface area contributed by atoms with Crippen molar-refractivity contribution < 1.29 is 4.74 Å². The van der Waals surface area contributed by atoms with E-state index in [1.165, 1.54) is 11.1 Å². The molecule has 0 saturated heterocycles. The molecule has 0 radical (unpaired) electrons. The van der Waals surface area contributed by atoms with E-state index in [1.807, 2.05) is 12.1 Å². The number of aryl methyl sites for hydroxylation is 1. The highest BCUT2D eigenvalue weighted by Crippen LogP contribution is 2.24. The predicted octanol–water partition coefficient (Wildman–Crippen LogP) is 3.68. The van der Waals surface area contributed by atoms with Gasteiger partial charge in [0.1, 0.15) is 11.6 Å². The van der Waals surface area contributed by atoms with Crippen molar-refractivity contribution in [3.8, 4) is 5.75 Å². The van der Waals surface area contributed by atoms with Gasteiger partial charge in [0, 0.05) is 0 Å². The minimum absolute atomic E-state index is 0.237. The lowest BCUT2D eigenvalue weighted by molar-refractivity contribution is 0.273. The molecule has 0 aromatic heterocycles. The molecule has 0 saturated carbocycles. The monoisotopic (exact) mass is 210 g/mol. The van der Waals surface area contributed by atoms with Crippen LogP contribution in [0.2, 0.25) is 0 Å². The van der Waals surface area contributed by atoms with Crippen molar-refractivity contribution in [2.75, 3.05) is 0 Å². The summed E-state index contributed by atoms with van der Waals surface area (Å²) in [5, 5.41) is 0. The van der Waals surface area contributed by atoms with E-state index in [-0.39, 0.29) is 5.85 Å². The molecule has 1 nitrogen and oxygen atoms in total. The maximum atomic E-state index is 5.83. The van der Waals surface area contributed by atoms with Gasteiger partial charge in [-0.15, -0.1) is 0 Å². The van der Waals surface area contributed by atoms with Gasteiger partial charge in [0.05, 0.1) is 0 Å². The molecule has 0 bridgehead atoms. The van der Waals surface area contributed by atoms with E-state index in [9.17, 15) is 0 Å². The zero-order chi connectivity index (χ0) is 10.6. The molecule has 0 amide bonds. The maximum Gasteiger partial charge on any atom is 0.123 e. The molecule has 2 heteroatoms. The molecule has 78 valence electrons. The number of hydrogen-bond donors (Lipinski definition) is 0. The first-order chi connectivity index (χ1) is 6.65. The molecule has 1 aromatic carbocycles. The Morgan fingerprint density at radius 1 is 1.36 bits per heavy atom. The Hall–Kier alpha value is -0.550. The topological polar surface area (TPSA) is 9.23 Å². The summed E-state index contributed by atoms with van der Waals surface area (Å²) in [5.74, 6) is 1.25. The molecule has 0 spiro atoms. The van der Waals surface area contributed by atoms with Crippen LogP contribution in [0.4, 0.5) is 0 Å². The standard InChI is InChI=1S/C12H19OP/c1-4-6-12(14)13-11-8-5-7-9(2)10(11)3/h5,7-8,12H,4,6,14H2,1-3H3. The van der Waals surface area contributed by atoms with E-state index in [4.69, 9.17) is 4.74 Å². The molecule has 2 atom stereocenters. The van der Waals surface area contributed by atoms with Gasteiger partial charge in [-0.25, -0.2) is 0 Å². The van der Waals surface area contributed by atoms with Gasteiger partial charge in [-0.1, -0.05) is 34.7 Å². The molecule has 0 fully saturated rings. The zero-order valence-electron chi connectivity index (χ0n) is 9.21. The lowest BCUT2D eigenvalue weighted by atomic mass is 10.1. The Morgan fingerprint density at radius 2 is 2.07 bits per heavy atom. The Labute approximate surface area is 89.1 Å². The number of benzene rings is 1. The molecular formula is C12H19OP. The lowest BCUT2D eigenvalue weighted by Gasteiger charge is -2.16. The number of ether oxygens (including phenoxy) is 1. The van der Waals surface area contributed by atoms with E-state index >= 15 is 0 Å². The third-order valence-corrected chi connectivity index (χ3v) is 2.88. The van der Waals surface area contributed by atoms with E-state index in [2.05, 4.69) is 36.1 Å². The summed E-state index contributed by atoms with van der Waals surface area (Å²) >= 11 is 0. The second-order valence-electron chi connectivity index (χ2n) is 3.64. The van der Waals surface area contributed by atoms with Gasteiger partial charge in [-0.2, -0.15) is 0 Å². The van der Waals surface area contributed by atoms with Gasteiger partial charge in [-0.05, 0) is 37.5 Å². The van der Waals surface area contributed by atoms with Crippen molar-refractivity contribution in [2.45, 2.75) is 39.5 Å². The minimum Gasteiger partial charge on any atom is -0.486 e. The van der Waals surface area contributed by atoms with Crippen LogP contribution in [0.5, 0.6) is 5.75 Å². The summed E-state index contributed by atoms with van der Waals surface area (Å²) in [5.41, 5.74) is 2.53. The van der Waals surface area contributed by atoms with Crippen LogP contribution in [-0.2, 0) is 0 Å². The van der Waals surface area contributed by atoms with Gasteiger partial charge in [0.15, 0.2) is 0 Å². The van der Waals surface area contributed by atoms with Crippen LogP contribution < -0.4 is 4.74 Å². The molecule has 1 rings (SSSR count). The van der Waals surface area contributed by atoms with Gasteiger partial charge in [-0.3, -0.25) is 0 Å². The van der Waals surface area contributed by atoms with E-state index in [0.29, 0.717) is 0 Å². The fourth-order valence-electron chi connectivity index (χ4n) is 1.36. The second kappa shape index (κ2) is 5.36. The van der Waals surface area contributed by atoms with Crippen LogP contribution in [0.25, 0.3) is 0 Å². The summed E-state index contributed by atoms with van der Waals surface area (Å²) in [6.07, 6.45) is 2.23. The number of rotatable bonds is 4. The molecule has 1 aromatic rings. The molecular weight excluding hydrogens is 191 g/mol. The normalized spacial score (nSPS) is 12.6. The molecule has 0 aliphatic heterocycles. The van der Waals surface area contributed by atoms with Crippen LogP contribution in [-0.4, -0.2) is 5.85 Å². The van der Waals surface area contributed by atoms with Crippen LogP contribution in [0.1, 0.15) is 30.9 Å². The summed E-state index contributed by atoms with van der Waals surface area (Å²) < 4.78 is 5.83. The van der Waals surface area contributed by atoms with E-state index in [0.717, 1.165) is 18.6 Å². The molecule has 2 unspecified atom stereocenters. The van der Waals surface area contributed by atoms with Crippen LogP contribution >= 0.6 is 9.24 Å². The molecule has 0 aliphatic carbocycles. The average molecular weight is 210 g/mol. The Morgan fingerprint density at radius 3 is 2.71 bits per heavy atom. The summed E-state index contributed by atoms with van der Waals surface area (Å²) in [6, 6.07) is 6.19. The molecule has 14 heavy (non-hydrogen) atoms. The first kappa shape index (κ1) is 11.5. The first-order valence-corrected chi connectivity index (χ1v) is 5.80. The minimum atomic E-state index is 0.237. The van der Waals surface area contributed by atoms with Crippen molar-refractivity contribution in [1.82, 2.24) is 0 Å². The highest BCUT2D eigenvalue weighted by molar-refractivity contribution is 7.17. The Bertz CT molecular complexity index is 296. The highest BCUT2D eigenvalue weighted by atomic mass is 31.0. The average Bonchev–Trinajstić information content (AvgIpc) is 2.13. The van der Waals surface area contributed by atoms with Crippen LogP contribution in [0.15, 0.2) is 18.2 Å². The quantitative estimate of drug-likeness (QED) is 0.689. The fraction of sp³-hybridized carbons (Fsp3) is 0.500. The lowest BCUT2D eigenvalue weighted by Crippen LogP contribution is -2.08. The molecule has 0 N–H and O–H groups in total. The van der Waals surface area contributed by atoms with Crippen molar-refractivity contribution in [1.29, 1.82) is 0 Å². The molecule has 0 aliphatic rings. The Kier molecular flexibility index (Phi) is 4.41. The number of hydrogen-bond acceptors (Lipinski definition) is 1. The highest BCUT2D eigenvalue weighted by Gasteiger charge is 2.06. The fourth-order valence-corrected chi connectivity index (χ4v) is 1.84. The smallest absolute Gasteiger partial charge is 0.123 e. The Balaban J connectivity index is 2.71. The summed E-state index contributed by atoms with van der Waals surface area (Å²) in [6.45, 7) is 6.39. The van der Waals surface area contributed by atoms with Crippen LogP contribution in [0.3, 0.4) is 0 Å². The van der Waals surface area contributed by atoms with Gasteiger partial charge < -0.3 is 4.74 Å². The SMILES string of the molecule is CCCC(P)Oc1cccc(C)c1C. The predicted molar refractivity (Wildman–Crippen MR) is 65.0 cm³/mol.